The van der Waals surface area contributed by atoms with E-state index in [1.54, 1.807) is 0 Å². The van der Waals surface area contributed by atoms with Gasteiger partial charge in [0.05, 0.1) is 0 Å². The van der Waals surface area contributed by atoms with Gasteiger partial charge in [-0.3, -0.25) is 0 Å². The summed E-state index contributed by atoms with van der Waals surface area (Å²) in [7, 11) is 2.14. The summed E-state index contributed by atoms with van der Waals surface area (Å²) < 4.78 is 0. The number of aryl methyl sites for hydroxylation is 1. The average Bonchev–Trinajstić information content (AvgIpc) is 2.67. The lowest BCUT2D eigenvalue weighted by molar-refractivity contribution is 0.311. The molecule has 0 spiro atoms. The molecule has 2 aromatic heterocycles. The quantitative estimate of drug-likeness (QED) is 0.764. The van der Waals surface area contributed by atoms with Crippen LogP contribution in [0.2, 0.25) is 0 Å². The molecule has 3 rings (SSSR count). The maximum absolute atomic E-state index is 4.63. The molecule has 0 radical (unpaired) electrons. The second-order valence-corrected chi connectivity index (χ2v) is 7.23. The molecule has 0 aliphatic carbocycles. The van der Waals surface area contributed by atoms with Crippen molar-refractivity contribution in [3.8, 4) is 0 Å². The molecule has 1 aliphatic heterocycles. The van der Waals surface area contributed by atoms with Crippen LogP contribution in [0.5, 0.6) is 0 Å². The lowest BCUT2D eigenvalue weighted by Crippen LogP contribution is -2.45. The van der Waals surface area contributed by atoms with Crippen molar-refractivity contribution in [2.24, 2.45) is 0 Å². The van der Waals surface area contributed by atoms with Crippen molar-refractivity contribution in [1.82, 2.24) is 30.2 Å². The monoisotopic (exact) mass is 370 g/mol. The molecule has 0 aromatic carbocycles. The first-order chi connectivity index (χ1) is 13.0. The molecule has 8 nitrogen and oxygen atoms in total. The number of rotatable bonds is 7. The van der Waals surface area contributed by atoms with Gasteiger partial charge in [0.2, 0.25) is 11.9 Å². The molecule has 0 unspecified atom stereocenters. The van der Waals surface area contributed by atoms with Crippen LogP contribution in [-0.4, -0.2) is 64.1 Å². The number of nitrogens with one attached hydrogen (secondary N) is 2. The minimum Gasteiger partial charge on any atom is -0.338 e. The number of pyridine rings is 1. The summed E-state index contributed by atoms with van der Waals surface area (Å²) in [5.41, 5.74) is 1.15. The molecule has 3 heterocycles. The van der Waals surface area contributed by atoms with E-state index in [9.17, 15) is 0 Å². The van der Waals surface area contributed by atoms with Gasteiger partial charge in [-0.05, 0) is 18.7 Å². The zero-order valence-electron chi connectivity index (χ0n) is 16.7. The van der Waals surface area contributed by atoms with E-state index >= 15 is 0 Å². The van der Waals surface area contributed by atoms with Gasteiger partial charge in [-0.25, -0.2) is 4.98 Å². The van der Waals surface area contributed by atoms with Crippen molar-refractivity contribution in [2.45, 2.75) is 39.8 Å². The summed E-state index contributed by atoms with van der Waals surface area (Å²) >= 11 is 0. The van der Waals surface area contributed by atoms with Crippen LogP contribution in [0.25, 0.3) is 0 Å². The number of nitrogens with zero attached hydrogens (tertiary/aromatic N) is 6. The molecule has 0 amide bonds. The van der Waals surface area contributed by atoms with E-state index in [4.69, 9.17) is 0 Å². The van der Waals surface area contributed by atoms with Crippen molar-refractivity contribution in [2.75, 3.05) is 43.4 Å². The number of likely N-dealkylation sites (N-methyl/N-ethyl adjacent to an activating group) is 1. The van der Waals surface area contributed by atoms with E-state index in [2.05, 4.69) is 74.3 Å². The number of anilines is 3. The van der Waals surface area contributed by atoms with Crippen molar-refractivity contribution in [3.63, 3.8) is 0 Å². The summed E-state index contributed by atoms with van der Waals surface area (Å²) in [6, 6.07) is 4.48. The fourth-order valence-corrected chi connectivity index (χ4v) is 2.81. The first-order valence-corrected chi connectivity index (χ1v) is 9.67. The Morgan fingerprint density at radius 2 is 1.85 bits per heavy atom. The molecule has 2 N–H and O–H groups in total. The van der Waals surface area contributed by atoms with E-state index < -0.39 is 0 Å². The van der Waals surface area contributed by atoms with Crippen LogP contribution in [0.1, 0.15) is 32.2 Å². The predicted molar refractivity (Wildman–Crippen MR) is 108 cm³/mol. The van der Waals surface area contributed by atoms with Crippen LogP contribution in [0, 0.1) is 0 Å². The topological polar surface area (TPSA) is 82.1 Å². The van der Waals surface area contributed by atoms with E-state index in [-0.39, 0.29) is 0 Å². The number of hydrogen-bond donors (Lipinski definition) is 2. The van der Waals surface area contributed by atoms with E-state index in [0.29, 0.717) is 12.0 Å². The van der Waals surface area contributed by atoms with Crippen LogP contribution < -0.4 is 15.5 Å². The Hall–Kier alpha value is -2.32. The lowest BCUT2D eigenvalue weighted by atomic mass is 10.2. The van der Waals surface area contributed by atoms with Crippen molar-refractivity contribution in [1.29, 1.82) is 0 Å². The molecule has 1 aliphatic rings. The molecule has 0 bridgehead atoms. The molecular formula is C19H30N8. The second kappa shape index (κ2) is 9.05. The number of hydrogen-bond acceptors (Lipinski definition) is 8. The largest absolute Gasteiger partial charge is 0.338 e. The molecule has 8 heteroatoms. The molecule has 146 valence electrons. The minimum atomic E-state index is 0.452. The second-order valence-electron chi connectivity index (χ2n) is 7.23. The van der Waals surface area contributed by atoms with Gasteiger partial charge in [-0.2, -0.15) is 15.0 Å². The Morgan fingerprint density at radius 1 is 1.07 bits per heavy atom. The zero-order chi connectivity index (χ0) is 19.2. The van der Waals surface area contributed by atoms with Crippen molar-refractivity contribution < 1.29 is 0 Å². The lowest BCUT2D eigenvalue weighted by Gasteiger charge is -2.32. The number of aromatic nitrogens is 4. The maximum Gasteiger partial charge on any atom is 0.233 e. The van der Waals surface area contributed by atoms with Crippen LogP contribution in [0.3, 0.4) is 0 Å². The van der Waals surface area contributed by atoms with Gasteiger partial charge in [0, 0.05) is 51.4 Å². The maximum atomic E-state index is 4.63. The van der Waals surface area contributed by atoms with Gasteiger partial charge in [0.1, 0.15) is 11.6 Å². The Balaban J connectivity index is 1.71. The summed E-state index contributed by atoms with van der Waals surface area (Å²) in [5.74, 6) is 2.83. The van der Waals surface area contributed by atoms with E-state index in [0.717, 1.165) is 62.3 Å². The highest BCUT2D eigenvalue weighted by atomic mass is 15.3. The van der Waals surface area contributed by atoms with Crippen molar-refractivity contribution in [3.05, 3.63) is 29.7 Å². The summed E-state index contributed by atoms with van der Waals surface area (Å²) in [6.07, 6.45) is 2.65. The SMILES string of the molecule is CCc1nc(Nc2ccc(CNC(C)C)cn2)nc(N2CCN(C)CC2)n1. The van der Waals surface area contributed by atoms with Crippen molar-refractivity contribution >= 4 is 17.7 Å². The molecule has 27 heavy (non-hydrogen) atoms. The Morgan fingerprint density at radius 3 is 2.48 bits per heavy atom. The highest BCUT2D eigenvalue weighted by Gasteiger charge is 2.18. The van der Waals surface area contributed by atoms with Gasteiger partial charge in [0.15, 0.2) is 0 Å². The van der Waals surface area contributed by atoms with Gasteiger partial charge < -0.3 is 20.4 Å². The fourth-order valence-electron chi connectivity index (χ4n) is 2.81. The third kappa shape index (κ3) is 5.58. The first-order valence-electron chi connectivity index (χ1n) is 9.67. The van der Waals surface area contributed by atoms with Gasteiger partial charge in [-0.1, -0.05) is 26.8 Å². The smallest absolute Gasteiger partial charge is 0.233 e. The minimum absolute atomic E-state index is 0.452. The Labute approximate surface area is 161 Å². The van der Waals surface area contributed by atoms with E-state index in [1.165, 1.54) is 0 Å². The van der Waals surface area contributed by atoms with Gasteiger partial charge in [0.25, 0.3) is 0 Å². The molecule has 0 saturated carbocycles. The third-order valence-electron chi connectivity index (χ3n) is 4.55. The van der Waals surface area contributed by atoms with Crippen LogP contribution in [-0.2, 0) is 13.0 Å². The molecular weight excluding hydrogens is 340 g/mol. The third-order valence-corrected chi connectivity index (χ3v) is 4.55. The highest BCUT2D eigenvalue weighted by molar-refractivity contribution is 5.50. The summed E-state index contributed by atoms with van der Waals surface area (Å²) in [4.78, 5) is 22.8. The zero-order valence-corrected chi connectivity index (χ0v) is 16.7. The van der Waals surface area contributed by atoms with Crippen LogP contribution in [0.15, 0.2) is 18.3 Å². The molecule has 0 atom stereocenters. The fraction of sp³-hybridized carbons (Fsp3) is 0.579. The molecule has 1 fully saturated rings. The average molecular weight is 371 g/mol. The van der Waals surface area contributed by atoms with Crippen LogP contribution >= 0.6 is 0 Å². The summed E-state index contributed by atoms with van der Waals surface area (Å²) in [6.45, 7) is 11.0. The standard InChI is InChI=1S/C19H30N8/c1-5-16-22-18(25-19(24-16)27-10-8-26(4)9-11-27)23-17-7-6-15(13-21-17)12-20-14(2)3/h6-7,13-14,20H,5,8-12H2,1-4H3,(H,21,22,23,24,25). The van der Waals surface area contributed by atoms with Gasteiger partial charge in [-0.15, -0.1) is 0 Å². The van der Waals surface area contributed by atoms with Crippen LogP contribution in [0.4, 0.5) is 17.7 Å². The first kappa shape index (κ1) is 19.4. The number of piperazine rings is 1. The summed E-state index contributed by atoms with van der Waals surface area (Å²) in [5, 5.41) is 6.62. The van der Waals surface area contributed by atoms with Gasteiger partial charge >= 0.3 is 0 Å². The molecule has 2 aromatic rings. The molecule has 1 saturated heterocycles. The predicted octanol–water partition coefficient (Wildman–Crippen LogP) is 1.82. The normalized spacial score (nSPS) is 15.4. The Bertz CT molecular complexity index is 723. The highest BCUT2D eigenvalue weighted by Crippen LogP contribution is 2.16. The Kier molecular flexibility index (Phi) is 6.52. The van der Waals surface area contributed by atoms with E-state index in [1.807, 2.05) is 12.3 Å².